The number of hydrogen-bond acceptors (Lipinski definition) is 2. The molecule has 0 radical (unpaired) electrons. The van der Waals surface area contributed by atoms with Gasteiger partial charge in [-0.3, -0.25) is 4.79 Å². The summed E-state index contributed by atoms with van der Waals surface area (Å²) in [6.45, 7) is 2.48. The monoisotopic (exact) mass is 405 g/mol. The first-order valence-electron chi connectivity index (χ1n) is 8.81. The van der Waals surface area contributed by atoms with Crippen molar-refractivity contribution in [2.75, 3.05) is 26.2 Å². The second-order valence-corrected chi connectivity index (χ2v) is 7.26. The van der Waals surface area contributed by atoms with Crippen LogP contribution in [0.15, 0.2) is 48.5 Å². The minimum Gasteiger partial charge on any atom is -0.339 e. The molecule has 0 aliphatic carbocycles. The van der Waals surface area contributed by atoms with Crippen LogP contribution in [0.5, 0.6) is 0 Å². The largest absolute Gasteiger partial charge is 0.339 e. The van der Waals surface area contributed by atoms with Crippen LogP contribution in [0.2, 0.25) is 10.0 Å². The van der Waals surface area contributed by atoms with E-state index in [1.165, 1.54) is 0 Å². The summed E-state index contributed by atoms with van der Waals surface area (Å²) in [6, 6.07) is 14.6. The first-order valence-corrected chi connectivity index (χ1v) is 9.57. The highest BCUT2D eigenvalue weighted by atomic mass is 35.5. The molecule has 142 valence electrons. The van der Waals surface area contributed by atoms with E-state index in [2.05, 4.69) is 5.32 Å². The summed E-state index contributed by atoms with van der Waals surface area (Å²) in [6.07, 6.45) is 0.343. The molecule has 0 unspecified atom stereocenters. The van der Waals surface area contributed by atoms with E-state index in [0.29, 0.717) is 49.2 Å². The normalized spacial score (nSPS) is 14.1. The second kappa shape index (κ2) is 9.11. The first-order chi connectivity index (χ1) is 13.0. The standard InChI is InChI=1S/C20H21Cl2N3O2/c21-17-7-5-15(6-8-17)13-19(26)24-9-11-25(12-10-24)20(27)23-14-16-3-1-2-4-18(16)22/h1-8H,9-14H2,(H,23,27). The van der Waals surface area contributed by atoms with Crippen LogP contribution in [-0.2, 0) is 17.8 Å². The Hall–Kier alpha value is -2.24. The Kier molecular flexibility index (Phi) is 6.58. The van der Waals surface area contributed by atoms with Gasteiger partial charge in [0.2, 0.25) is 5.91 Å². The Bertz CT molecular complexity index is 803. The molecule has 0 saturated carbocycles. The van der Waals surface area contributed by atoms with Gasteiger partial charge < -0.3 is 15.1 Å². The molecule has 1 aliphatic rings. The van der Waals surface area contributed by atoms with E-state index in [4.69, 9.17) is 23.2 Å². The van der Waals surface area contributed by atoms with Crippen molar-refractivity contribution in [3.8, 4) is 0 Å². The van der Waals surface area contributed by atoms with Crippen LogP contribution in [0.25, 0.3) is 0 Å². The lowest BCUT2D eigenvalue weighted by molar-refractivity contribution is -0.131. The van der Waals surface area contributed by atoms with Gasteiger partial charge in [-0.15, -0.1) is 0 Å². The zero-order valence-electron chi connectivity index (χ0n) is 14.8. The van der Waals surface area contributed by atoms with Gasteiger partial charge in [0.15, 0.2) is 0 Å². The van der Waals surface area contributed by atoms with Crippen LogP contribution in [0.3, 0.4) is 0 Å². The lowest BCUT2D eigenvalue weighted by atomic mass is 10.1. The molecule has 5 nitrogen and oxygen atoms in total. The van der Waals surface area contributed by atoms with E-state index >= 15 is 0 Å². The van der Waals surface area contributed by atoms with Gasteiger partial charge in [0.05, 0.1) is 6.42 Å². The fourth-order valence-electron chi connectivity index (χ4n) is 2.97. The second-order valence-electron chi connectivity index (χ2n) is 6.42. The van der Waals surface area contributed by atoms with E-state index in [-0.39, 0.29) is 11.9 Å². The zero-order chi connectivity index (χ0) is 19.2. The molecule has 0 aromatic heterocycles. The Morgan fingerprint density at radius 3 is 2.19 bits per heavy atom. The lowest BCUT2D eigenvalue weighted by Crippen LogP contribution is -2.53. The molecule has 7 heteroatoms. The van der Waals surface area contributed by atoms with E-state index in [9.17, 15) is 9.59 Å². The number of benzene rings is 2. The summed E-state index contributed by atoms with van der Waals surface area (Å²) in [7, 11) is 0. The zero-order valence-corrected chi connectivity index (χ0v) is 16.3. The van der Waals surface area contributed by atoms with Crippen molar-refractivity contribution in [2.45, 2.75) is 13.0 Å². The van der Waals surface area contributed by atoms with Crippen molar-refractivity contribution in [1.29, 1.82) is 0 Å². The maximum atomic E-state index is 12.4. The van der Waals surface area contributed by atoms with Gasteiger partial charge in [-0.2, -0.15) is 0 Å². The molecule has 3 rings (SSSR count). The average molecular weight is 406 g/mol. The van der Waals surface area contributed by atoms with Gasteiger partial charge >= 0.3 is 6.03 Å². The van der Waals surface area contributed by atoms with Crippen molar-refractivity contribution in [1.82, 2.24) is 15.1 Å². The number of carbonyl (C=O) groups excluding carboxylic acids is 2. The number of carbonyl (C=O) groups is 2. The average Bonchev–Trinajstić information content (AvgIpc) is 2.69. The maximum absolute atomic E-state index is 12.4. The third-order valence-electron chi connectivity index (χ3n) is 4.58. The predicted molar refractivity (Wildman–Crippen MR) is 107 cm³/mol. The minimum atomic E-state index is -0.139. The molecule has 1 saturated heterocycles. The molecular weight excluding hydrogens is 385 g/mol. The van der Waals surface area contributed by atoms with Crippen molar-refractivity contribution < 1.29 is 9.59 Å². The predicted octanol–water partition coefficient (Wildman–Crippen LogP) is 3.59. The number of nitrogens with zero attached hydrogens (tertiary/aromatic N) is 2. The highest BCUT2D eigenvalue weighted by molar-refractivity contribution is 6.31. The molecule has 1 aliphatic heterocycles. The van der Waals surface area contributed by atoms with Crippen molar-refractivity contribution >= 4 is 35.1 Å². The summed E-state index contributed by atoms with van der Waals surface area (Å²) < 4.78 is 0. The summed E-state index contributed by atoms with van der Waals surface area (Å²) in [5.41, 5.74) is 1.81. The third kappa shape index (κ3) is 5.37. The highest BCUT2D eigenvalue weighted by Gasteiger charge is 2.24. The SMILES string of the molecule is O=C(Cc1ccc(Cl)cc1)N1CCN(C(=O)NCc2ccccc2Cl)CC1. The van der Waals surface area contributed by atoms with Crippen molar-refractivity contribution in [3.05, 3.63) is 69.7 Å². The topological polar surface area (TPSA) is 52.7 Å². The number of piperazine rings is 1. The Morgan fingerprint density at radius 1 is 0.889 bits per heavy atom. The van der Waals surface area contributed by atoms with Gasteiger partial charge in [0.1, 0.15) is 0 Å². The number of amides is 3. The highest BCUT2D eigenvalue weighted by Crippen LogP contribution is 2.15. The minimum absolute atomic E-state index is 0.0634. The molecule has 0 bridgehead atoms. The Morgan fingerprint density at radius 2 is 1.52 bits per heavy atom. The molecule has 1 N–H and O–H groups in total. The van der Waals surface area contributed by atoms with E-state index < -0.39 is 0 Å². The summed E-state index contributed by atoms with van der Waals surface area (Å²) in [5, 5.41) is 4.18. The van der Waals surface area contributed by atoms with Crippen molar-refractivity contribution in [2.24, 2.45) is 0 Å². The van der Waals surface area contributed by atoms with Crippen LogP contribution >= 0.6 is 23.2 Å². The van der Waals surface area contributed by atoms with Crippen LogP contribution < -0.4 is 5.32 Å². The van der Waals surface area contributed by atoms with Crippen LogP contribution in [0.1, 0.15) is 11.1 Å². The summed E-state index contributed by atoms with van der Waals surface area (Å²) in [5.74, 6) is 0.0634. The lowest BCUT2D eigenvalue weighted by Gasteiger charge is -2.34. The molecule has 27 heavy (non-hydrogen) atoms. The quantitative estimate of drug-likeness (QED) is 0.844. The third-order valence-corrected chi connectivity index (χ3v) is 5.20. The first kappa shape index (κ1) is 19.5. The Balaban J connectivity index is 1.45. The fraction of sp³-hybridized carbons (Fsp3) is 0.300. The number of nitrogens with one attached hydrogen (secondary N) is 1. The van der Waals surface area contributed by atoms with Gasteiger partial charge in [0.25, 0.3) is 0 Å². The van der Waals surface area contributed by atoms with Crippen LogP contribution in [0, 0.1) is 0 Å². The number of urea groups is 1. The van der Waals surface area contributed by atoms with Crippen LogP contribution in [0.4, 0.5) is 4.79 Å². The van der Waals surface area contributed by atoms with Gasteiger partial charge in [-0.25, -0.2) is 4.79 Å². The molecule has 2 aromatic rings. The van der Waals surface area contributed by atoms with E-state index in [1.54, 1.807) is 28.0 Å². The van der Waals surface area contributed by atoms with E-state index in [1.807, 2.05) is 30.3 Å². The number of halogens is 2. The Labute approximate surface area is 168 Å². The number of rotatable bonds is 4. The van der Waals surface area contributed by atoms with Crippen molar-refractivity contribution in [3.63, 3.8) is 0 Å². The van der Waals surface area contributed by atoms with Gasteiger partial charge in [-0.05, 0) is 29.3 Å². The van der Waals surface area contributed by atoms with Gasteiger partial charge in [-0.1, -0.05) is 53.5 Å². The van der Waals surface area contributed by atoms with Crippen LogP contribution in [-0.4, -0.2) is 47.9 Å². The fourth-order valence-corrected chi connectivity index (χ4v) is 3.30. The summed E-state index contributed by atoms with van der Waals surface area (Å²) in [4.78, 5) is 28.3. The summed E-state index contributed by atoms with van der Waals surface area (Å²) >= 11 is 12.0. The van der Waals surface area contributed by atoms with Gasteiger partial charge in [0, 0.05) is 42.8 Å². The maximum Gasteiger partial charge on any atom is 0.317 e. The smallest absolute Gasteiger partial charge is 0.317 e. The molecule has 2 aromatic carbocycles. The molecule has 0 atom stereocenters. The molecule has 3 amide bonds. The number of hydrogen-bond donors (Lipinski definition) is 1. The molecule has 1 fully saturated rings. The molecular formula is C20H21Cl2N3O2. The molecule has 1 heterocycles. The van der Waals surface area contributed by atoms with E-state index in [0.717, 1.165) is 11.1 Å². The molecule has 0 spiro atoms.